The number of carboxylic acid groups (broad SMARTS) is 1. The number of allylic oxidation sites excluding steroid dienone is 2. The van der Waals surface area contributed by atoms with Gasteiger partial charge in [-0.2, -0.15) is 0 Å². The van der Waals surface area contributed by atoms with Gasteiger partial charge in [-0.1, -0.05) is 6.07 Å². The maximum Gasteiger partial charge on any atom is 0.161 e. The summed E-state index contributed by atoms with van der Waals surface area (Å²) < 4.78 is 10.6. The van der Waals surface area contributed by atoms with E-state index in [1.807, 2.05) is 0 Å². The number of methoxy groups -OCH3 is 1. The smallest absolute Gasteiger partial charge is 0.161 e. The first-order chi connectivity index (χ1) is 14.0. The number of ketones is 2. The number of aliphatic carboxylic acids is 1. The first kappa shape index (κ1) is 19.4. The second-order valence-electron chi connectivity index (χ2n) is 7.59. The van der Waals surface area contributed by atoms with Crippen molar-refractivity contribution < 1.29 is 29.0 Å². The second kappa shape index (κ2) is 7.81. The van der Waals surface area contributed by atoms with Crippen LogP contribution in [0.1, 0.15) is 50.0 Å². The lowest BCUT2D eigenvalue weighted by molar-refractivity contribution is -0.307. The van der Waals surface area contributed by atoms with E-state index in [1.165, 1.54) is 7.11 Å². The topological polar surface area (TPSA) is 105 Å². The van der Waals surface area contributed by atoms with Gasteiger partial charge in [0.2, 0.25) is 0 Å². The highest BCUT2D eigenvalue weighted by Crippen LogP contribution is 2.47. The summed E-state index contributed by atoms with van der Waals surface area (Å²) in [6, 6.07) is 5.12. The number of carboxylic acids is 1. The Labute approximate surface area is 168 Å². The average molecular weight is 396 g/mol. The maximum atomic E-state index is 12.8. The van der Waals surface area contributed by atoms with Crippen molar-refractivity contribution in [3.05, 3.63) is 35.0 Å². The third kappa shape index (κ3) is 3.57. The van der Waals surface area contributed by atoms with Crippen LogP contribution in [0.15, 0.2) is 34.5 Å². The molecule has 0 aromatic heterocycles. The highest BCUT2D eigenvalue weighted by molar-refractivity contribution is 6.12. The maximum absolute atomic E-state index is 12.8. The lowest BCUT2D eigenvalue weighted by Gasteiger charge is -2.38. The monoisotopic (exact) mass is 396 g/mol. The van der Waals surface area contributed by atoms with Crippen LogP contribution in [0.25, 0.3) is 0 Å². The van der Waals surface area contributed by atoms with Crippen LogP contribution >= 0.6 is 0 Å². The molecule has 1 fully saturated rings. The van der Waals surface area contributed by atoms with Crippen LogP contribution in [0.5, 0.6) is 11.5 Å². The number of fused-ring (bicyclic) bond motifs is 1. The summed E-state index contributed by atoms with van der Waals surface area (Å²) in [6.07, 6.45) is 4.02. The van der Waals surface area contributed by atoms with Gasteiger partial charge < -0.3 is 19.4 Å². The Morgan fingerprint density at radius 1 is 1.10 bits per heavy atom. The normalized spacial score (nSPS) is 23.8. The SMILES string of the molecule is COc1cc([C@H]2C3=C(CCCC3=O)N=C3CCCC(=O)C32)ccc1OCC(=O)[O-]. The van der Waals surface area contributed by atoms with E-state index in [0.717, 1.165) is 42.7 Å². The van der Waals surface area contributed by atoms with E-state index in [9.17, 15) is 19.5 Å². The largest absolute Gasteiger partial charge is 0.546 e. The fourth-order valence-corrected chi connectivity index (χ4v) is 4.59. The Morgan fingerprint density at radius 3 is 2.66 bits per heavy atom. The van der Waals surface area contributed by atoms with E-state index < -0.39 is 18.5 Å². The van der Waals surface area contributed by atoms with Crippen LogP contribution in [0.2, 0.25) is 0 Å². The summed E-state index contributed by atoms with van der Waals surface area (Å²) in [5.41, 5.74) is 3.10. The van der Waals surface area contributed by atoms with Gasteiger partial charge in [-0.15, -0.1) is 0 Å². The molecule has 0 bridgehead atoms. The van der Waals surface area contributed by atoms with Crippen LogP contribution in [-0.4, -0.2) is 37.0 Å². The lowest BCUT2D eigenvalue weighted by atomic mass is 9.67. The summed E-state index contributed by atoms with van der Waals surface area (Å²) in [4.78, 5) is 41.1. The fraction of sp³-hybridized carbons (Fsp3) is 0.455. The van der Waals surface area contributed by atoms with Gasteiger partial charge in [0.05, 0.1) is 19.0 Å². The van der Waals surface area contributed by atoms with Crippen molar-refractivity contribution in [2.45, 2.75) is 44.4 Å². The molecule has 4 rings (SSSR count). The molecule has 0 N–H and O–H groups in total. The Morgan fingerprint density at radius 2 is 1.90 bits per heavy atom. The fourth-order valence-electron chi connectivity index (χ4n) is 4.59. The molecule has 29 heavy (non-hydrogen) atoms. The van der Waals surface area contributed by atoms with E-state index in [4.69, 9.17) is 14.5 Å². The average Bonchev–Trinajstić information content (AvgIpc) is 2.71. The molecule has 1 aromatic rings. The standard InChI is InChI=1S/C22H23NO6/c1-28-18-10-12(8-9-17(18)29-11-19(26)27)20-21-13(4-2-6-15(21)24)23-14-5-3-7-16(25)22(14)20/h8-10,20-21H,2-7,11H2,1H3,(H,26,27)/p-1/t20-,21?/m1/s1. The van der Waals surface area contributed by atoms with Crippen LogP contribution in [0.3, 0.4) is 0 Å². The molecule has 1 aliphatic heterocycles. The minimum atomic E-state index is -1.33. The molecule has 0 radical (unpaired) electrons. The Bertz CT molecular complexity index is 945. The van der Waals surface area contributed by atoms with E-state index in [0.29, 0.717) is 24.2 Å². The molecule has 2 atom stereocenters. The van der Waals surface area contributed by atoms with E-state index in [1.54, 1.807) is 18.2 Å². The predicted octanol–water partition coefficient (Wildman–Crippen LogP) is 1.74. The Balaban J connectivity index is 1.79. The van der Waals surface area contributed by atoms with Gasteiger partial charge in [-0.3, -0.25) is 14.6 Å². The van der Waals surface area contributed by atoms with Crippen LogP contribution in [0.4, 0.5) is 0 Å². The van der Waals surface area contributed by atoms with Gasteiger partial charge in [0.15, 0.2) is 17.3 Å². The zero-order chi connectivity index (χ0) is 20.5. The number of carbonyl (C=O) groups excluding carboxylic acids is 3. The van der Waals surface area contributed by atoms with Gasteiger partial charge in [0, 0.05) is 35.7 Å². The van der Waals surface area contributed by atoms with Crippen molar-refractivity contribution in [1.29, 1.82) is 0 Å². The van der Waals surface area contributed by atoms with Crippen molar-refractivity contribution in [2.24, 2.45) is 10.9 Å². The molecule has 7 heteroatoms. The number of hydrogen-bond donors (Lipinski definition) is 0. The second-order valence-corrected chi connectivity index (χ2v) is 7.59. The van der Waals surface area contributed by atoms with Gasteiger partial charge in [0.1, 0.15) is 12.4 Å². The number of hydrogen-bond acceptors (Lipinski definition) is 7. The Hall–Kier alpha value is -2.96. The van der Waals surface area contributed by atoms with E-state index in [2.05, 4.69) is 0 Å². The highest BCUT2D eigenvalue weighted by Gasteiger charge is 2.44. The molecule has 7 nitrogen and oxygen atoms in total. The van der Waals surface area contributed by atoms with Crippen molar-refractivity contribution in [1.82, 2.24) is 0 Å². The van der Waals surface area contributed by atoms with Crippen molar-refractivity contribution in [3.8, 4) is 11.5 Å². The van der Waals surface area contributed by atoms with Crippen molar-refractivity contribution >= 4 is 23.2 Å². The summed E-state index contributed by atoms with van der Waals surface area (Å²) in [7, 11) is 1.46. The molecule has 1 unspecified atom stereocenters. The van der Waals surface area contributed by atoms with Gasteiger partial charge in [-0.25, -0.2) is 0 Å². The molecular formula is C22H22NO6-. The predicted molar refractivity (Wildman–Crippen MR) is 102 cm³/mol. The van der Waals surface area contributed by atoms with Gasteiger partial charge >= 0.3 is 0 Å². The number of benzene rings is 1. The van der Waals surface area contributed by atoms with Crippen molar-refractivity contribution in [3.63, 3.8) is 0 Å². The summed E-state index contributed by atoms with van der Waals surface area (Å²) >= 11 is 0. The lowest BCUT2D eigenvalue weighted by Crippen LogP contribution is -2.39. The quantitative estimate of drug-likeness (QED) is 0.751. The summed E-state index contributed by atoms with van der Waals surface area (Å²) in [5, 5.41) is 10.7. The summed E-state index contributed by atoms with van der Waals surface area (Å²) in [5.74, 6) is -1.37. The number of ether oxygens (including phenoxy) is 2. The molecule has 1 aromatic carbocycles. The number of aliphatic imine (C=N–C) groups is 1. The molecule has 1 heterocycles. The zero-order valence-corrected chi connectivity index (χ0v) is 16.2. The first-order valence-electron chi connectivity index (χ1n) is 9.86. The minimum Gasteiger partial charge on any atom is -0.546 e. The third-order valence-electron chi connectivity index (χ3n) is 5.81. The highest BCUT2D eigenvalue weighted by atomic mass is 16.5. The molecule has 3 aliphatic rings. The number of Topliss-reactive ketones (excluding diaryl/α,β-unsaturated/α-hetero) is 2. The van der Waals surface area contributed by atoms with Crippen LogP contribution in [-0.2, 0) is 14.4 Å². The summed E-state index contributed by atoms with van der Waals surface area (Å²) in [6.45, 7) is -0.592. The number of nitrogens with zero attached hydrogens (tertiary/aromatic N) is 1. The van der Waals surface area contributed by atoms with Gasteiger partial charge in [-0.05, 0) is 43.4 Å². The third-order valence-corrected chi connectivity index (χ3v) is 5.81. The number of carbonyl (C=O) groups is 3. The first-order valence-corrected chi connectivity index (χ1v) is 9.86. The molecular weight excluding hydrogens is 374 g/mol. The number of rotatable bonds is 5. The van der Waals surface area contributed by atoms with E-state index in [-0.39, 0.29) is 23.2 Å². The molecule has 152 valence electrons. The molecule has 2 aliphatic carbocycles. The van der Waals surface area contributed by atoms with Gasteiger partial charge in [0.25, 0.3) is 0 Å². The minimum absolute atomic E-state index is 0.0497. The van der Waals surface area contributed by atoms with E-state index >= 15 is 0 Å². The molecule has 0 amide bonds. The van der Waals surface area contributed by atoms with Crippen molar-refractivity contribution in [2.75, 3.05) is 13.7 Å². The molecule has 0 spiro atoms. The molecule has 1 saturated carbocycles. The molecule has 0 saturated heterocycles. The zero-order valence-electron chi connectivity index (χ0n) is 16.2. The van der Waals surface area contributed by atoms with Crippen LogP contribution < -0.4 is 14.6 Å². The Kier molecular flexibility index (Phi) is 5.22. The van der Waals surface area contributed by atoms with Crippen LogP contribution in [0, 0.1) is 5.92 Å².